The lowest BCUT2D eigenvalue weighted by atomic mass is 9.91. The van der Waals surface area contributed by atoms with Crippen molar-refractivity contribution in [1.82, 2.24) is 9.78 Å². The Morgan fingerprint density at radius 3 is 2.73 bits per heavy atom. The summed E-state index contributed by atoms with van der Waals surface area (Å²) in [6.45, 7) is 4.33. The van der Waals surface area contributed by atoms with E-state index in [1.54, 1.807) is 0 Å². The van der Waals surface area contributed by atoms with E-state index >= 15 is 0 Å². The molecule has 0 aliphatic heterocycles. The van der Waals surface area contributed by atoms with Crippen LogP contribution in [0, 0.1) is 18.8 Å². The molecule has 0 amide bonds. The first-order chi connectivity index (χ1) is 7.08. The zero-order valence-corrected chi connectivity index (χ0v) is 9.90. The SMILES string of the molecule is Cc1cc(CC2CCC(N)C2C)n(C)n1. The predicted octanol–water partition coefficient (Wildman–Crippen LogP) is 1.64. The van der Waals surface area contributed by atoms with E-state index in [4.69, 9.17) is 5.73 Å². The Hall–Kier alpha value is -0.830. The third-order valence-electron chi connectivity index (χ3n) is 3.86. The Labute approximate surface area is 91.7 Å². The van der Waals surface area contributed by atoms with Gasteiger partial charge in [0.05, 0.1) is 5.69 Å². The van der Waals surface area contributed by atoms with Gasteiger partial charge in [-0.15, -0.1) is 0 Å². The minimum atomic E-state index is 0.407. The monoisotopic (exact) mass is 207 g/mol. The van der Waals surface area contributed by atoms with Crippen molar-refractivity contribution < 1.29 is 0 Å². The number of hydrogen-bond acceptors (Lipinski definition) is 2. The smallest absolute Gasteiger partial charge is 0.0596 e. The topological polar surface area (TPSA) is 43.8 Å². The molecule has 1 heterocycles. The molecule has 1 saturated carbocycles. The van der Waals surface area contributed by atoms with Crippen LogP contribution in [0.3, 0.4) is 0 Å². The molecular formula is C12H21N3. The van der Waals surface area contributed by atoms with Gasteiger partial charge in [0.2, 0.25) is 0 Å². The normalized spacial score (nSPS) is 31.1. The highest BCUT2D eigenvalue weighted by Gasteiger charge is 2.30. The summed E-state index contributed by atoms with van der Waals surface area (Å²) in [4.78, 5) is 0. The van der Waals surface area contributed by atoms with Gasteiger partial charge in [0.15, 0.2) is 0 Å². The summed E-state index contributed by atoms with van der Waals surface area (Å²) in [6.07, 6.45) is 3.58. The standard InChI is InChI=1S/C12H21N3/c1-8-6-11(15(3)14-8)7-10-4-5-12(13)9(10)2/h6,9-10,12H,4-5,7,13H2,1-3H3. The molecule has 2 rings (SSSR count). The number of nitrogens with zero attached hydrogens (tertiary/aromatic N) is 2. The van der Waals surface area contributed by atoms with Crippen molar-refractivity contribution in [2.75, 3.05) is 0 Å². The van der Waals surface area contributed by atoms with E-state index in [-0.39, 0.29) is 0 Å². The minimum absolute atomic E-state index is 0.407. The molecule has 3 unspecified atom stereocenters. The van der Waals surface area contributed by atoms with E-state index in [0.717, 1.165) is 18.0 Å². The number of aromatic nitrogens is 2. The average Bonchev–Trinajstić information content (AvgIpc) is 2.64. The van der Waals surface area contributed by atoms with Crippen LogP contribution in [0.5, 0.6) is 0 Å². The fraction of sp³-hybridized carbons (Fsp3) is 0.750. The maximum Gasteiger partial charge on any atom is 0.0596 e. The summed E-state index contributed by atoms with van der Waals surface area (Å²) in [5.74, 6) is 1.40. The highest BCUT2D eigenvalue weighted by atomic mass is 15.3. The Balaban J connectivity index is 2.06. The Morgan fingerprint density at radius 2 is 2.27 bits per heavy atom. The molecule has 0 radical (unpaired) electrons. The molecule has 1 aromatic heterocycles. The van der Waals surface area contributed by atoms with Crippen molar-refractivity contribution in [2.24, 2.45) is 24.6 Å². The highest BCUT2D eigenvalue weighted by molar-refractivity contribution is 5.10. The van der Waals surface area contributed by atoms with Crippen LogP contribution in [-0.2, 0) is 13.5 Å². The first kappa shape index (κ1) is 10.7. The van der Waals surface area contributed by atoms with E-state index in [1.165, 1.54) is 18.5 Å². The van der Waals surface area contributed by atoms with E-state index in [9.17, 15) is 0 Å². The van der Waals surface area contributed by atoms with Crippen LogP contribution in [0.25, 0.3) is 0 Å². The molecule has 1 aliphatic rings. The zero-order valence-electron chi connectivity index (χ0n) is 9.90. The van der Waals surface area contributed by atoms with Crippen LogP contribution in [0.4, 0.5) is 0 Å². The van der Waals surface area contributed by atoms with Gasteiger partial charge in [0.25, 0.3) is 0 Å². The lowest BCUT2D eigenvalue weighted by Crippen LogP contribution is -2.26. The van der Waals surface area contributed by atoms with E-state index < -0.39 is 0 Å². The molecule has 0 spiro atoms. The zero-order chi connectivity index (χ0) is 11.0. The minimum Gasteiger partial charge on any atom is -0.327 e. The van der Waals surface area contributed by atoms with Crippen molar-refractivity contribution in [3.63, 3.8) is 0 Å². The van der Waals surface area contributed by atoms with Crippen LogP contribution >= 0.6 is 0 Å². The van der Waals surface area contributed by atoms with Crippen molar-refractivity contribution in [1.29, 1.82) is 0 Å². The van der Waals surface area contributed by atoms with Gasteiger partial charge in [0, 0.05) is 18.8 Å². The fourth-order valence-electron chi connectivity index (χ4n) is 2.69. The lowest BCUT2D eigenvalue weighted by molar-refractivity contribution is 0.382. The molecular weight excluding hydrogens is 186 g/mol. The van der Waals surface area contributed by atoms with Crippen molar-refractivity contribution >= 4 is 0 Å². The van der Waals surface area contributed by atoms with Crippen LogP contribution in [-0.4, -0.2) is 15.8 Å². The number of aryl methyl sites for hydroxylation is 2. The largest absolute Gasteiger partial charge is 0.327 e. The van der Waals surface area contributed by atoms with Crippen LogP contribution in [0.2, 0.25) is 0 Å². The van der Waals surface area contributed by atoms with Gasteiger partial charge in [-0.2, -0.15) is 5.10 Å². The predicted molar refractivity (Wildman–Crippen MR) is 61.5 cm³/mol. The molecule has 1 aliphatic carbocycles. The molecule has 3 nitrogen and oxygen atoms in total. The molecule has 84 valence electrons. The summed E-state index contributed by atoms with van der Waals surface area (Å²) in [6, 6.07) is 2.60. The number of rotatable bonds is 2. The third-order valence-corrected chi connectivity index (χ3v) is 3.86. The summed E-state index contributed by atoms with van der Waals surface area (Å²) in [7, 11) is 2.03. The molecule has 15 heavy (non-hydrogen) atoms. The maximum atomic E-state index is 6.04. The average molecular weight is 207 g/mol. The van der Waals surface area contributed by atoms with Gasteiger partial charge in [-0.25, -0.2) is 0 Å². The molecule has 0 saturated heterocycles. The molecule has 3 heteroatoms. The van der Waals surface area contributed by atoms with Crippen molar-refractivity contribution in [2.45, 2.75) is 39.2 Å². The van der Waals surface area contributed by atoms with Crippen molar-refractivity contribution in [3.8, 4) is 0 Å². The van der Waals surface area contributed by atoms with Gasteiger partial charge in [-0.3, -0.25) is 4.68 Å². The number of nitrogens with two attached hydrogens (primary N) is 1. The van der Waals surface area contributed by atoms with Gasteiger partial charge in [-0.1, -0.05) is 6.92 Å². The Bertz CT molecular complexity index is 343. The first-order valence-corrected chi connectivity index (χ1v) is 5.83. The second-order valence-corrected chi connectivity index (χ2v) is 4.97. The van der Waals surface area contributed by atoms with Gasteiger partial charge in [0.1, 0.15) is 0 Å². The summed E-state index contributed by atoms with van der Waals surface area (Å²) in [5, 5.41) is 4.38. The lowest BCUT2D eigenvalue weighted by Gasteiger charge is -2.17. The first-order valence-electron chi connectivity index (χ1n) is 5.83. The highest BCUT2D eigenvalue weighted by Crippen LogP contribution is 2.32. The molecule has 1 aromatic rings. The van der Waals surface area contributed by atoms with Crippen molar-refractivity contribution in [3.05, 3.63) is 17.5 Å². The summed E-state index contributed by atoms with van der Waals surface area (Å²) < 4.78 is 2.01. The molecule has 2 N–H and O–H groups in total. The van der Waals surface area contributed by atoms with E-state index in [1.807, 2.05) is 18.7 Å². The van der Waals surface area contributed by atoms with E-state index in [0.29, 0.717) is 12.0 Å². The van der Waals surface area contributed by atoms with Crippen LogP contribution < -0.4 is 5.73 Å². The Kier molecular flexibility index (Phi) is 2.83. The maximum absolute atomic E-state index is 6.04. The van der Waals surface area contributed by atoms with Crippen LogP contribution in [0.15, 0.2) is 6.07 Å². The molecule has 0 aromatic carbocycles. The molecule has 0 bridgehead atoms. The van der Waals surface area contributed by atoms with Gasteiger partial charge < -0.3 is 5.73 Å². The second-order valence-electron chi connectivity index (χ2n) is 4.97. The van der Waals surface area contributed by atoms with Crippen LogP contribution in [0.1, 0.15) is 31.2 Å². The Morgan fingerprint density at radius 1 is 1.53 bits per heavy atom. The van der Waals surface area contributed by atoms with Gasteiger partial charge in [-0.05, 0) is 44.1 Å². The third kappa shape index (κ3) is 2.07. The molecule has 3 atom stereocenters. The molecule has 1 fully saturated rings. The van der Waals surface area contributed by atoms with E-state index in [2.05, 4.69) is 18.1 Å². The second kappa shape index (κ2) is 3.97. The quantitative estimate of drug-likeness (QED) is 0.801. The summed E-state index contributed by atoms with van der Waals surface area (Å²) >= 11 is 0. The van der Waals surface area contributed by atoms with Gasteiger partial charge >= 0.3 is 0 Å². The number of hydrogen-bond donors (Lipinski definition) is 1. The summed E-state index contributed by atoms with van der Waals surface area (Å²) in [5.41, 5.74) is 8.50. The fourth-order valence-corrected chi connectivity index (χ4v) is 2.69.